The molecule has 0 saturated carbocycles. The molecular weight excluding hydrogens is 443 g/mol. The number of hydrogen-bond donors (Lipinski definition) is 2. The molecule has 0 amide bonds. The van der Waals surface area contributed by atoms with Crippen LogP contribution in [-0.2, 0) is 5.75 Å². The number of nitro groups is 1. The minimum atomic E-state index is -0.535. The third-order valence-electron chi connectivity index (χ3n) is 2.87. The van der Waals surface area contributed by atoms with E-state index in [4.69, 9.17) is 5.73 Å². The number of nitrogens with zero attached hydrogens (tertiary/aromatic N) is 3. The van der Waals surface area contributed by atoms with Crippen LogP contribution in [0.3, 0.4) is 0 Å². The van der Waals surface area contributed by atoms with E-state index < -0.39 is 4.92 Å². The Morgan fingerprint density at radius 3 is 2.75 bits per heavy atom. The maximum Gasteiger partial charge on any atom is 0.271 e. The first-order valence-corrected chi connectivity index (χ1v) is 8.74. The number of aromatic hydroxyl groups is 1. The maximum atomic E-state index is 10.8. The highest BCUT2D eigenvalue weighted by Crippen LogP contribution is 2.28. The number of non-ortho nitro benzene ring substituents is 1. The first-order chi connectivity index (χ1) is 11.5. The summed E-state index contributed by atoms with van der Waals surface area (Å²) in [7, 11) is 0. The van der Waals surface area contributed by atoms with Crippen LogP contribution in [0.25, 0.3) is 0 Å². The molecule has 7 nitrogen and oxygen atoms in total. The zero-order chi connectivity index (χ0) is 17.5. The van der Waals surface area contributed by atoms with Gasteiger partial charge in [0.25, 0.3) is 5.69 Å². The van der Waals surface area contributed by atoms with E-state index in [1.807, 2.05) is 52.9 Å². The molecule has 0 bridgehead atoms. The number of thioether (sulfide) groups is 1. The zero-order valence-electron chi connectivity index (χ0n) is 12.3. The maximum absolute atomic E-state index is 10.8. The molecule has 2 aromatic rings. The van der Waals surface area contributed by atoms with Gasteiger partial charge in [0.15, 0.2) is 5.17 Å². The van der Waals surface area contributed by atoms with Gasteiger partial charge in [-0.15, -0.1) is 5.10 Å². The van der Waals surface area contributed by atoms with Crippen LogP contribution < -0.4 is 5.73 Å². The topological polar surface area (TPSA) is 114 Å². The Labute approximate surface area is 156 Å². The molecule has 124 valence electrons. The third-order valence-corrected chi connectivity index (χ3v) is 4.55. The predicted octanol–water partition coefficient (Wildman–Crippen LogP) is 3.49. The number of halogens is 1. The summed E-state index contributed by atoms with van der Waals surface area (Å²) in [5, 5.41) is 28.6. The van der Waals surface area contributed by atoms with Crippen LogP contribution in [0, 0.1) is 13.7 Å². The van der Waals surface area contributed by atoms with Gasteiger partial charge in [-0.3, -0.25) is 10.1 Å². The van der Waals surface area contributed by atoms with Gasteiger partial charge in [-0.05, 0) is 28.2 Å². The number of amidine groups is 1. The molecule has 0 radical (unpaired) electrons. The van der Waals surface area contributed by atoms with Gasteiger partial charge in [0.05, 0.1) is 14.7 Å². The zero-order valence-corrected chi connectivity index (χ0v) is 15.3. The monoisotopic (exact) mass is 456 g/mol. The van der Waals surface area contributed by atoms with E-state index >= 15 is 0 Å². The predicted molar refractivity (Wildman–Crippen MR) is 104 cm³/mol. The second kappa shape index (κ2) is 8.64. The number of nitro benzene ring substituents is 1. The third kappa shape index (κ3) is 5.20. The Hall–Kier alpha value is -2.14. The molecule has 0 aliphatic carbocycles. The van der Waals surface area contributed by atoms with Crippen LogP contribution in [-0.4, -0.2) is 21.4 Å². The molecule has 0 saturated heterocycles. The van der Waals surface area contributed by atoms with Crippen LogP contribution in [0.5, 0.6) is 5.75 Å². The summed E-state index contributed by atoms with van der Waals surface area (Å²) in [6.07, 6.45) is 1.24. The number of phenolic OH excluding ortho intramolecular Hbond substituents is 1. The smallest absolute Gasteiger partial charge is 0.271 e. The molecule has 0 heterocycles. The summed E-state index contributed by atoms with van der Waals surface area (Å²) in [5.41, 5.74) is 6.94. The Bertz CT molecular complexity index is 797. The van der Waals surface area contributed by atoms with E-state index in [-0.39, 0.29) is 22.2 Å². The highest BCUT2D eigenvalue weighted by atomic mass is 127. The Kier molecular flexibility index (Phi) is 6.55. The molecular formula is C15H13IN4O3S. The van der Waals surface area contributed by atoms with Crippen LogP contribution in [0.1, 0.15) is 11.1 Å². The Morgan fingerprint density at radius 2 is 2.08 bits per heavy atom. The summed E-state index contributed by atoms with van der Waals surface area (Å²) < 4.78 is 0.360. The van der Waals surface area contributed by atoms with E-state index in [1.54, 1.807) is 0 Å². The molecule has 9 heteroatoms. The molecule has 0 aromatic heterocycles. The van der Waals surface area contributed by atoms with Gasteiger partial charge in [-0.2, -0.15) is 5.10 Å². The highest BCUT2D eigenvalue weighted by molar-refractivity contribution is 14.1. The van der Waals surface area contributed by atoms with Crippen LogP contribution in [0.2, 0.25) is 0 Å². The van der Waals surface area contributed by atoms with Crippen LogP contribution in [0.4, 0.5) is 5.69 Å². The average Bonchev–Trinajstić information content (AvgIpc) is 2.57. The molecule has 0 atom stereocenters. The van der Waals surface area contributed by atoms with Crippen molar-refractivity contribution in [1.29, 1.82) is 0 Å². The average molecular weight is 456 g/mol. The van der Waals surface area contributed by atoms with Crippen molar-refractivity contribution in [3.8, 4) is 5.75 Å². The Balaban J connectivity index is 2.06. The lowest BCUT2D eigenvalue weighted by molar-refractivity contribution is -0.385. The first kappa shape index (κ1) is 18.2. The van der Waals surface area contributed by atoms with E-state index in [1.165, 1.54) is 30.1 Å². The van der Waals surface area contributed by atoms with E-state index in [2.05, 4.69) is 10.2 Å². The summed E-state index contributed by atoms with van der Waals surface area (Å²) in [6, 6.07) is 12.3. The molecule has 2 rings (SSSR count). The number of benzene rings is 2. The van der Waals surface area contributed by atoms with Crippen molar-refractivity contribution in [3.63, 3.8) is 0 Å². The summed E-state index contributed by atoms with van der Waals surface area (Å²) in [4.78, 5) is 10.3. The van der Waals surface area contributed by atoms with Crippen molar-refractivity contribution in [2.75, 3.05) is 0 Å². The van der Waals surface area contributed by atoms with Crippen LogP contribution >= 0.6 is 34.4 Å². The van der Waals surface area contributed by atoms with Crippen molar-refractivity contribution in [3.05, 3.63) is 67.3 Å². The highest BCUT2D eigenvalue weighted by Gasteiger charge is 2.13. The fourth-order valence-corrected chi connectivity index (χ4v) is 2.96. The molecule has 2 aromatic carbocycles. The van der Waals surface area contributed by atoms with Gasteiger partial charge in [0.1, 0.15) is 5.75 Å². The molecule has 0 aliphatic heterocycles. The van der Waals surface area contributed by atoms with Gasteiger partial charge in [0.2, 0.25) is 0 Å². The van der Waals surface area contributed by atoms with Gasteiger partial charge in [0, 0.05) is 23.4 Å². The number of nitrogens with two attached hydrogens (primary N) is 1. The van der Waals surface area contributed by atoms with Crippen LogP contribution in [0.15, 0.2) is 52.7 Å². The second-order valence-electron chi connectivity index (χ2n) is 4.58. The minimum absolute atomic E-state index is 0.0874. The lowest BCUT2D eigenvalue weighted by Crippen LogP contribution is -2.06. The summed E-state index contributed by atoms with van der Waals surface area (Å²) in [5.74, 6) is 0.571. The number of hydrogen-bond acceptors (Lipinski definition) is 6. The van der Waals surface area contributed by atoms with Crippen molar-refractivity contribution >= 4 is 51.4 Å². The number of rotatable bonds is 5. The summed E-state index contributed by atoms with van der Waals surface area (Å²) in [6.45, 7) is 0. The van der Waals surface area contributed by atoms with Gasteiger partial charge in [-0.25, -0.2) is 0 Å². The van der Waals surface area contributed by atoms with Gasteiger partial charge in [-0.1, -0.05) is 42.1 Å². The van der Waals surface area contributed by atoms with Gasteiger partial charge < -0.3 is 10.8 Å². The van der Waals surface area contributed by atoms with E-state index in [9.17, 15) is 15.2 Å². The number of phenols is 1. The molecule has 0 spiro atoms. The van der Waals surface area contributed by atoms with E-state index in [0.29, 0.717) is 9.32 Å². The molecule has 0 unspecified atom stereocenters. The molecule has 0 aliphatic rings. The Morgan fingerprint density at radius 1 is 1.38 bits per heavy atom. The lowest BCUT2D eigenvalue weighted by atomic mass is 10.2. The quantitative estimate of drug-likeness (QED) is 0.235. The standard InChI is InChI=1S/C15H13IN4O3S/c16-13-7-12(20(22)23)6-11(14(13)21)8-18-19-15(17)24-9-10-4-2-1-3-5-10/h1-8,21H,9H2,(H2,17,19). The fourth-order valence-electron chi connectivity index (χ4n) is 1.72. The molecule has 3 N–H and O–H groups in total. The largest absolute Gasteiger partial charge is 0.506 e. The van der Waals surface area contributed by atoms with Gasteiger partial charge >= 0.3 is 0 Å². The normalized spacial score (nSPS) is 11.8. The van der Waals surface area contributed by atoms with Crippen molar-refractivity contribution in [2.45, 2.75) is 5.75 Å². The van der Waals surface area contributed by atoms with E-state index in [0.717, 1.165) is 5.56 Å². The van der Waals surface area contributed by atoms with Crippen molar-refractivity contribution in [1.82, 2.24) is 0 Å². The van der Waals surface area contributed by atoms with Crippen molar-refractivity contribution in [2.24, 2.45) is 15.9 Å². The van der Waals surface area contributed by atoms with Crippen molar-refractivity contribution < 1.29 is 10.0 Å². The first-order valence-electron chi connectivity index (χ1n) is 6.67. The summed E-state index contributed by atoms with van der Waals surface area (Å²) >= 11 is 3.13. The molecule has 24 heavy (non-hydrogen) atoms. The lowest BCUT2D eigenvalue weighted by Gasteiger charge is -2.01. The SMILES string of the molecule is NC(=NN=Cc1cc([N+](=O)[O-])cc(I)c1O)SCc1ccccc1. The minimum Gasteiger partial charge on any atom is -0.506 e. The fraction of sp³-hybridized carbons (Fsp3) is 0.0667. The molecule has 0 fully saturated rings. The second-order valence-corrected chi connectivity index (χ2v) is 6.74.